The van der Waals surface area contributed by atoms with Gasteiger partial charge in [-0.1, -0.05) is 0 Å². The quantitative estimate of drug-likeness (QED) is 0.649. The van der Waals surface area contributed by atoms with Crippen molar-refractivity contribution in [3.8, 4) is 0 Å². The molecule has 2 aliphatic rings. The number of piperidine rings is 1. The van der Waals surface area contributed by atoms with Crippen LogP contribution in [-0.2, 0) is 4.79 Å². The van der Waals surface area contributed by atoms with Gasteiger partial charge in [-0.25, -0.2) is 0 Å². The maximum atomic E-state index is 11.3. The van der Waals surface area contributed by atoms with Crippen molar-refractivity contribution in [1.29, 1.82) is 0 Å². The predicted octanol–water partition coefficient (Wildman–Crippen LogP) is 1.19. The van der Waals surface area contributed by atoms with Gasteiger partial charge < -0.3 is 9.80 Å². The molecule has 0 aromatic heterocycles. The average molecular weight is 210 g/mol. The highest BCUT2D eigenvalue weighted by Gasteiger charge is 2.38. The van der Waals surface area contributed by atoms with Crippen LogP contribution in [0.1, 0.15) is 27.2 Å². The van der Waals surface area contributed by atoms with E-state index in [-0.39, 0.29) is 5.91 Å². The molecule has 2 aliphatic heterocycles. The summed E-state index contributed by atoms with van der Waals surface area (Å²) < 4.78 is 0. The highest BCUT2D eigenvalue weighted by Crippen LogP contribution is 2.31. The maximum Gasteiger partial charge on any atom is 0.219 e. The van der Waals surface area contributed by atoms with Crippen LogP contribution in [-0.4, -0.2) is 47.9 Å². The third-order valence-electron chi connectivity index (χ3n) is 4.01. The molecular formula is C12H22N2O. The van der Waals surface area contributed by atoms with Crippen molar-refractivity contribution in [3.63, 3.8) is 0 Å². The molecule has 1 amide bonds. The van der Waals surface area contributed by atoms with E-state index in [1.165, 1.54) is 19.5 Å². The summed E-state index contributed by atoms with van der Waals surface area (Å²) in [7, 11) is 0. The second-order valence-electron chi connectivity index (χ2n) is 5.32. The molecule has 2 rings (SSSR count). The monoisotopic (exact) mass is 210 g/mol. The summed E-state index contributed by atoms with van der Waals surface area (Å²) >= 11 is 0. The first-order valence-corrected chi connectivity index (χ1v) is 6.07. The Morgan fingerprint density at radius 2 is 1.87 bits per heavy atom. The molecule has 0 radical (unpaired) electrons. The summed E-state index contributed by atoms with van der Waals surface area (Å²) in [5, 5.41) is 0. The predicted molar refractivity (Wildman–Crippen MR) is 60.6 cm³/mol. The number of fused-ring (bicyclic) bond motifs is 1. The normalized spacial score (nSPS) is 32.1. The van der Waals surface area contributed by atoms with Crippen LogP contribution < -0.4 is 0 Å². The molecule has 0 aliphatic carbocycles. The molecule has 2 atom stereocenters. The standard InChI is InChI=1S/C12H22N2O/c1-9(2)14-6-11-4-5-13(10(3)15)7-12(11)8-14/h9,11-12H,4-8H2,1-3H3. The summed E-state index contributed by atoms with van der Waals surface area (Å²) in [5.41, 5.74) is 0. The van der Waals surface area contributed by atoms with Crippen LogP contribution in [0, 0.1) is 11.8 Å². The molecule has 2 saturated heterocycles. The van der Waals surface area contributed by atoms with E-state index in [4.69, 9.17) is 0 Å². The highest BCUT2D eigenvalue weighted by atomic mass is 16.2. The van der Waals surface area contributed by atoms with Crippen molar-refractivity contribution in [2.24, 2.45) is 11.8 Å². The number of likely N-dealkylation sites (tertiary alicyclic amines) is 2. The van der Waals surface area contributed by atoms with Crippen molar-refractivity contribution in [3.05, 3.63) is 0 Å². The zero-order chi connectivity index (χ0) is 11.0. The lowest BCUT2D eigenvalue weighted by atomic mass is 9.89. The van der Waals surface area contributed by atoms with Crippen LogP contribution >= 0.6 is 0 Å². The first kappa shape index (κ1) is 10.9. The third-order valence-corrected chi connectivity index (χ3v) is 4.01. The van der Waals surface area contributed by atoms with E-state index in [2.05, 4.69) is 18.7 Å². The Labute approximate surface area is 92.4 Å². The van der Waals surface area contributed by atoms with Gasteiger partial charge >= 0.3 is 0 Å². The van der Waals surface area contributed by atoms with Gasteiger partial charge in [-0.3, -0.25) is 4.79 Å². The van der Waals surface area contributed by atoms with Gasteiger partial charge in [-0.05, 0) is 32.1 Å². The van der Waals surface area contributed by atoms with Gasteiger partial charge in [0.1, 0.15) is 0 Å². The van der Waals surface area contributed by atoms with E-state index in [1.807, 2.05) is 4.90 Å². The summed E-state index contributed by atoms with van der Waals surface area (Å²) in [4.78, 5) is 15.9. The summed E-state index contributed by atoms with van der Waals surface area (Å²) in [6.07, 6.45) is 1.20. The first-order chi connectivity index (χ1) is 7.08. The van der Waals surface area contributed by atoms with E-state index in [9.17, 15) is 4.79 Å². The summed E-state index contributed by atoms with van der Waals surface area (Å²) in [6, 6.07) is 0.654. The minimum absolute atomic E-state index is 0.247. The minimum Gasteiger partial charge on any atom is -0.343 e. The number of carbonyl (C=O) groups is 1. The number of hydrogen-bond donors (Lipinski definition) is 0. The van der Waals surface area contributed by atoms with Gasteiger partial charge in [0.05, 0.1) is 0 Å². The van der Waals surface area contributed by atoms with Crippen LogP contribution in [0.3, 0.4) is 0 Å². The molecule has 86 valence electrons. The molecule has 3 nitrogen and oxygen atoms in total. The van der Waals surface area contributed by atoms with Crippen LogP contribution in [0.15, 0.2) is 0 Å². The molecule has 2 heterocycles. The zero-order valence-electron chi connectivity index (χ0n) is 10.1. The van der Waals surface area contributed by atoms with Gasteiger partial charge in [-0.15, -0.1) is 0 Å². The van der Waals surface area contributed by atoms with Crippen LogP contribution in [0.2, 0.25) is 0 Å². The van der Waals surface area contributed by atoms with Crippen molar-refractivity contribution in [1.82, 2.24) is 9.80 Å². The smallest absolute Gasteiger partial charge is 0.219 e. The number of carbonyl (C=O) groups excluding carboxylic acids is 1. The van der Waals surface area contributed by atoms with E-state index >= 15 is 0 Å². The maximum absolute atomic E-state index is 11.3. The molecule has 0 bridgehead atoms. The Hall–Kier alpha value is -0.570. The molecular weight excluding hydrogens is 188 g/mol. The number of nitrogens with zero attached hydrogens (tertiary/aromatic N) is 2. The molecule has 0 aromatic rings. The molecule has 2 fully saturated rings. The fraction of sp³-hybridized carbons (Fsp3) is 0.917. The van der Waals surface area contributed by atoms with Gasteiger partial charge in [0.2, 0.25) is 5.91 Å². The molecule has 0 aromatic carbocycles. The number of rotatable bonds is 1. The van der Waals surface area contributed by atoms with Crippen molar-refractivity contribution in [2.45, 2.75) is 33.2 Å². The molecule has 0 spiro atoms. The van der Waals surface area contributed by atoms with E-state index < -0.39 is 0 Å². The van der Waals surface area contributed by atoms with Crippen LogP contribution in [0.5, 0.6) is 0 Å². The Balaban J connectivity index is 1.95. The first-order valence-electron chi connectivity index (χ1n) is 6.07. The van der Waals surface area contributed by atoms with Crippen LogP contribution in [0.25, 0.3) is 0 Å². The molecule has 15 heavy (non-hydrogen) atoms. The Bertz CT molecular complexity index is 252. The fourth-order valence-electron chi connectivity index (χ4n) is 2.91. The lowest BCUT2D eigenvalue weighted by molar-refractivity contribution is -0.131. The third kappa shape index (κ3) is 2.17. The lowest BCUT2D eigenvalue weighted by Crippen LogP contribution is -2.42. The largest absolute Gasteiger partial charge is 0.343 e. The average Bonchev–Trinajstić information content (AvgIpc) is 2.59. The van der Waals surface area contributed by atoms with Gasteiger partial charge in [0.25, 0.3) is 0 Å². The van der Waals surface area contributed by atoms with Crippen molar-refractivity contribution in [2.75, 3.05) is 26.2 Å². The Morgan fingerprint density at radius 1 is 1.20 bits per heavy atom. The summed E-state index contributed by atoms with van der Waals surface area (Å²) in [5.74, 6) is 1.81. The Kier molecular flexibility index (Phi) is 3.01. The van der Waals surface area contributed by atoms with E-state index in [1.54, 1.807) is 6.92 Å². The fourth-order valence-corrected chi connectivity index (χ4v) is 2.91. The Morgan fingerprint density at radius 3 is 2.47 bits per heavy atom. The molecule has 0 saturated carbocycles. The van der Waals surface area contributed by atoms with Gasteiger partial charge in [0.15, 0.2) is 0 Å². The molecule has 2 unspecified atom stereocenters. The second-order valence-corrected chi connectivity index (χ2v) is 5.32. The summed E-state index contributed by atoms with van der Waals surface area (Å²) in [6.45, 7) is 10.6. The number of amides is 1. The topological polar surface area (TPSA) is 23.6 Å². The number of hydrogen-bond acceptors (Lipinski definition) is 2. The van der Waals surface area contributed by atoms with Crippen molar-refractivity contribution >= 4 is 5.91 Å². The zero-order valence-corrected chi connectivity index (χ0v) is 10.1. The van der Waals surface area contributed by atoms with Crippen molar-refractivity contribution < 1.29 is 4.79 Å². The molecule has 3 heteroatoms. The molecule has 0 N–H and O–H groups in total. The van der Waals surface area contributed by atoms with Crippen LogP contribution in [0.4, 0.5) is 0 Å². The van der Waals surface area contributed by atoms with E-state index in [0.29, 0.717) is 6.04 Å². The highest BCUT2D eigenvalue weighted by molar-refractivity contribution is 5.73. The van der Waals surface area contributed by atoms with Gasteiger partial charge in [-0.2, -0.15) is 0 Å². The SMILES string of the molecule is CC(=O)N1CCC2CN(C(C)C)CC2C1. The van der Waals surface area contributed by atoms with E-state index in [0.717, 1.165) is 24.9 Å². The minimum atomic E-state index is 0.247. The lowest BCUT2D eigenvalue weighted by Gasteiger charge is -2.33. The van der Waals surface area contributed by atoms with Gasteiger partial charge in [0, 0.05) is 39.1 Å². The second kappa shape index (κ2) is 4.12.